The summed E-state index contributed by atoms with van der Waals surface area (Å²) in [6.07, 6.45) is 0.702. The lowest BCUT2D eigenvalue weighted by Gasteiger charge is -2.06. The van der Waals surface area contributed by atoms with E-state index in [1.807, 2.05) is 30.3 Å². The second-order valence-corrected chi connectivity index (χ2v) is 4.54. The summed E-state index contributed by atoms with van der Waals surface area (Å²) in [5.41, 5.74) is 1.46. The molecule has 2 rings (SSSR count). The van der Waals surface area contributed by atoms with Crippen molar-refractivity contribution in [2.45, 2.75) is 12.8 Å². The molecule has 4 heteroatoms. The molecule has 20 heavy (non-hydrogen) atoms. The van der Waals surface area contributed by atoms with E-state index in [0.717, 1.165) is 11.6 Å². The van der Waals surface area contributed by atoms with Crippen LogP contribution in [0.15, 0.2) is 48.5 Å². The lowest BCUT2D eigenvalue weighted by molar-refractivity contribution is -0.120. The number of halogens is 2. The Hall–Kier alpha value is -2.23. The molecule has 2 aromatic rings. The number of carbonyl (C=O) groups is 1. The van der Waals surface area contributed by atoms with Gasteiger partial charge < -0.3 is 5.32 Å². The maximum Gasteiger partial charge on any atom is 0.224 e. The Morgan fingerprint density at radius 1 is 0.950 bits per heavy atom. The number of rotatable bonds is 5. The number of carbonyl (C=O) groups excluding carboxylic acids is 1. The summed E-state index contributed by atoms with van der Waals surface area (Å²) in [4.78, 5) is 11.7. The molecule has 0 unspecified atom stereocenters. The lowest BCUT2D eigenvalue weighted by atomic mass is 10.1. The van der Waals surface area contributed by atoms with E-state index in [-0.39, 0.29) is 5.91 Å². The first kappa shape index (κ1) is 14.2. The molecule has 0 spiro atoms. The molecule has 0 aliphatic carbocycles. The summed E-state index contributed by atoms with van der Waals surface area (Å²) in [6, 6.07) is 12.8. The summed E-state index contributed by atoms with van der Waals surface area (Å²) in [5, 5.41) is 2.73. The van der Waals surface area contributed by atoms with Crippen molar-refractivity contribution >= 4 is 5.91 Å². The van der Waals surface area contributed by atoms with Crippen LogP contribution in [0.25, 0.3) is 0 Å². The molecular weight excluding hydrogens is 260 g/mol. The molecule has 1 N–H and O–H groups in total. The molecule has 0 saturated carbocycles. The molecule has 0 aromatic heterocycles. The Labute approximate surface area is 116 Å². The van der Waals surface area contributed by atoms with Crippen molar-refractivity contribution in [1.82, 2.24) is 5.32 Å². The average Bonchev–Trinajstić information content (AvgIpc) is 2.38. The van der Waals surface area contributed by atoms with E-state index in [1.54, 1.807) is 0 Å². The number of nitrogens with one attached hydrogen (secondary N) is 1. The van der Waals surface area contributed by atoms with Gasteiger partial charge in [-0.25, -0.2) is 8.78 Å². The molecule has 0 atom stereocenters. The minimum absolute atomic E-state index is 0.104. The highest BCUT2D eigenvalue weighted by Crippen LogP contribution is 2.08. The topological polar surface area (TPSA) is 29.1 Å². The summed E-state index contributed by atoms with van der Waals surface area (Å²) >= 11 is 0. The van der Waals surface area contributed by atoms with Gasteiger partial charge in [0.15, 0.2) is 0 Å². The van der Waals surface area contributed by atoms with Crippen LogP contribution in [0.3, 0.4) is 0 Å². The average molecular weight is 275 g/mol. The maximum absolute atomic E-state index is 13.0. The molecule has 0 bridgehead atoms. The second-order valence-electron chi connectivity index (χ2n) is 4.54. The van der Waals surface area contributed by atoms with Gasteiger partial charge in [0.05, 0.1) is 6.42 Å². The Morgan fingerprint density at radius 2 is 1.60 bits per heavy atom. The van der Waals surface area contributed by atoms with Crippen LogP contribution in [0.2, 0.25) is 0 Å². The van der Waals surface area contributed by atoms with Crippen LogP contribution < -0.4 is 5.32 Å². The first-order valence-corrected chi connectivity index (χ1v) is 6.39. The highest BCUT2D eigenvalue weighted by Gasteiger charge is 2.04. The molecular formula is C16H15F2NO. The van der Waals surface area contributed by atoms with Gasteiger partial charge in [0.1, 0.15) is 11.6 Å². The van der Waals surface area contributed by atoms with Gasteiger partial charge in [-0.3, -0.25) is 4.79 Å². The predicted octanol–water partition coefficient (Wildman–Crippen LogP) is 2.87. The van der Waals surface area contributed by atoms with Crippen molar-refractivity contribution in [2.75, 3.05) is 6.54 Å². The van der Waals surface area contributed by atoms with E-state index < -0.39 is 11.6 Å². The van der Waals surface area contributed by atoms with Gasteiger partial charge in [-0.05, 0) is 29.7 Å². The molecule has 2 nitrogen and oxygen atoms in total. The fourth-order valence-electron chi connectivity index (χ4n) is 1.95. The molecule has 104 valence electrons. The fourth-order valence-corrected chi connectivity index (χ4v) is 1.95. The quantitative estimate of drug-likeness (QED) is 0.893. The van der Waals surface area contributed by atoms with Gasteiger partial charge in [-0.15, -0.1) is 0 Å². The van der Waals surface area contributed by atoms with Crippen LogP contribution in [0.1, 0.15) is 11.1 Å². The summed E-state index contributed by atoms with van der Waals surface area (Å²) in [7, 11) is 0. The Morgan fingerprint density at radius 3 is 2.25 bits per heavy atom. The normalized spacial score (nSPS) is 10.3. The van der Waals surface area contributed by atoms with Crippen LogP contribution in [0, 0.1) is 11.6 Å². The number of hydrogen-bond acceptors (Lipinski definition) is 1. The van der Waals surface area contributed by atoms with E-state index in [9.17, 15) is 13.6 Å². The predicted molar refractivity (Wildman–Crippen MR) is 73.2 cm³/mol. The molecule has 0 heterocycles. The van der Waals surface area contributed by atoms with Crippen molar-refractivity contribution in [3.8, 4) is 0 Å². The van der Waals surface area contributed by atoms with Gasteiger partial charge in [0.2, 0.25) is 5.91 Å². The summed E-state index contributed by atoms with van der Waals surface area (Å²) in [6.45, 7) is 0.356. The Kier molecular flexibility index (Phi) is 4.82. The zero-order valence-corrected chi connectivity index (χ0v) is 10.9. The minimum atomic E-state index is -0.601. The van der Waals surface area contributed by atoms with E-state index in [2.05, 4.69) is 5.32 Å². The third kappa shape index (κ3) is 4.46. The van der Waals surface area contributed by atoms with E-state index >= 15 is 0 Å². The van der Waals surface area contributed by atoms with E-state index in [1.165, 1.54) is 12.1 Å². The molecule has 0 fully saturated rings. The molecule has 0 aliphatic heterocycles. The Bertz CT molecular complexity index is 564. The van der Waals surface area contributed by atoms with Crippen molar-refractivity contribution in [3.63, 3.8) is 0 Å². The first-order chi connectivity index (χ1) is 9.63. The minimum Gasteiger partial charge on any atom is -0.355 e. The highest BCUT2D eigenvalue weighted by molar-refractivity contribution is 5.78. The van der Waals surface area contributed by atoms with Gasteiger partial charge in [0.25, 0.3) is 0 Å². The number of benzene rings is 2. The van der Waals surface area contributed by atoms with Gasteiger partial charge in [-0.2, -0.15) is 0 Å². The number of amides is 1. The van der Waals surface area contributed by atoms with Crippen LogP contribution in [0.5, 0.6) is 0 Å². The Balaban J connectivity index is 1.79. The van der Waals surface area contributed by atoms with Crippen molar-refractivity contribution in [1.29, 1.82) is 0 Å². The van der Waals surface area contributed by atoms with Crippen molar-refractivity contribution < 1.29 is 13.6 Å². The lowest BCUT2D eigenvalue weighted by Crippen LogP contribution is -2.27. The first-order valence-electron chi connectivity index (χ1n) is 6.39. The molecule has 0 radical (unpaired) electrons. The van der Waals surface area contributed by atoms with Gasteiger partial charge >= 0.3 is 0 Å². The highest BCUT2D eigenvalue weighted by atomic mass is 19.1. The molecule has 2 aromatic carbocycles. The smallest absolute Gasteiger partial charge is 0.224 e. The fraction of sp³-hybridized carbons (Fsp3) is 0.188. The monoisotopic (exact) mass is 275 g/mol. The van der Waals surface area contributed by atoms with Crippen LogP contribution in [0.4, 0.5) is 8.78 Å². The summed E-state index contributed by atoms with van der Waals surface area (Å²) < 4.78 is 25.9. The van der Waals surface area contributed by atoms with Crippen LogP contribution in [-0.4, -0.2) is 12.5 Å². The number of hydrogen-bond donors (Lipinski definition) is 1. The van der Waals surface area contributed by atoms with E-state index in [0.29, 0.717) is 24.9 Å². The van der Waals surface area contributed by atoms with Crippen molar-refractivity contribution in [3.05, 3.63) is 71.3 Å². The van der Waals surface area contributed by atoms with Crippen molar-refractivity contribution in [2.24, 2.45) is 0 Å². The molecule has 1 amide bonds. The molecule has 0 saturated heterocycles. The third-order valence-electron chi connectivity index (χ3n) is 2.87. The largest absolute Gasteiger partial charge is 0.355 e. The van der Waals surface area contributed by atoms with Gasteiger partial charge in [0, 0.05) is 12.6 Å². The maximum atomic E-state index is 13.0. The zero-order valence-electron chi connectivity index (χ0n) is 10.9. The van der Waals surface area contributed by atoms with Crippen LogP contribution >= 0.6 is 0 Å². The zero-order chi connectivity index (χ0) is 14.4. The molecule has 0 aliphatic rings. The third-order valence-corrected chi connectivity index (χ3v) is 2.87. The second kappa shape index (κ2) is 6.80. The van der Waals surface area contributed by atoms with Crippen LogP contribution in [-0.2, 0) is 17.6 Å². The van der Waals surface area contributed by atoms with E-state index in [4.69, 9.17) is 0 Å². The standard InChI is InChI=1S/C16H15F2NO/c17-14-8-13(9-15(18)11-14)6-7-19-16(20)10-12-4-2-1-3-5-12/h1-5,8-9,11H,6-7,10H2,(H,19,20). The van der Waals surface area contributed by atoms with Gasteiger partial charge in [-0.1, -0.05) is 30.3 Å². The summed E-state index contributed by atoms with van der Waals surface area (Å²) in [5.74, 6) is -1.31. The SMILES string of the molecule is O=C(Cc1ccccc1)NCCc1cc(F)cc(F)c1.